The second-order valence-electron chi connectivity index (χ2n) is 6.86. The van der Waals surface area contributed by atoms with E-state index < -0.39 is 13.6 Å². The van der Waals surface area contributed by atoms with E-state index in [1.807, 2.05) is 42.5 Å². The first-order valence-corrected chi connectivity index (χ1v) is 12.1. The fourth-order valence-electron chi connectivity index (χ4n) is 3.19. The molecule has 0 saturated heterocycles. The summed E-state index contributed by atoms with van der Waals surface area (Å²) in [5, 5.41) is 9.25. The van der Waals surface area contributed by atoms with Crippen molar-refractivity contribution in [1.29, 1.82) is 5.26 Å². The first-order valence-electron chi connectivity index (χ1n) is 10.5. The molecule has 3 aromatic rings. The zero-order chi connectivity index (χ0) is 23.7. The molecule has 0 fully saturated rings. The third kappa shape index (κ3) is 6.27. The maximum atomic E-state index is 12.9. The van der Waals surface area contributed by atoms with Gasteiger partial charge in [-0.25, -0.2) is 4.79 Å². The molecule has 0 radical (unpaired) electrons. The Hall–Kier alpha value is -3.49. The van der Waals surface area contributed by atoms with Crippen molar-refractivity contribution in [3.05, 3.63) is 95.3 Å². The highest BCUT2D eigenvalue weighted by molar-refractivity contribution is 7.57. The number of rotatable bonds is 9. The Morgan fingerprint density at radius 2 is 1.67 bits per heavy atom. The van der Waals surface area contributed by atoms with Crippen LogP contribution in [0.5, 0.6) is 5.75 Å². The Kier molecular flexibility index (Phi) is 8.34. The number of esters is 1. The average molecular weight is 461 g/mol. The summed E-state index contributed by atoms with van der Waals surface area (Å²) >= 11 is 0. The van der Waals surface area contributed by atoms with E-state index in [9.17, 15) is 14.6 Å². The number of ether oxygens (including phenoxy) is 1. The van der Waals surface area contributed by atoms with Crippen LogP contribution in [-0.2, 0) is 13.6 Å². The van der Waals surface area contributed by atoms with Crippen molar-refractivity contribution < 1.29 is 23.1 Å². The Morgan fingerprint density at radius 1 is 0.970 bits per heavy atom. The van der Waals surface area contributed by atoms with E-state index in [-0.39, 0.29) is 24.5 Å². The molecule has 0 atom stereocenters. The SMILES string of the molecule is CCOP(=O)(/C=C/c1cccc(-c2ccccc2C(=O)Oc2ccccc2C#N)c1)OCC. The van der Waals surface area contributed by atoms with Gasteiger partial charge >= 0.3 is 13.6 Å². The van der Waals surface area contributed by atoms with Crippen molar-refractivity contribution in [2.75, 3.05) is 13.2 Å². The van der Waals surface area contributed by atoms with Gasteiger partial charge < -0.3 is 13.8 Å². The number of para-hydroxylation sites is 1. The topological polar surface area (TPSA) is 85.6 Å². The van der Waals surface area contributed by atoms with Gasteiger partial charge in [0.2, 0.25) is 0 Å². The van der Waals surface area contributed by atoms with Gasteiger partial charge in [0.05, 0.1) is 24.3 Å². The minimum atomic E-state index is -3.32. The number of carbonyl (C=O) groups excluding carboxylic acids is 1. The maximum Gasteiger partial charge on any atom is 0.354 e. The summed E-state index contributed by atoms with van der Waals surface area (Å²) in [6.07, 6.45) is 1.68. The summed E-state index contributed by atoms with van der Waals surface area (Å²) in [6, 6.07) is 23.1. The summed E-state index contributed by atoms with van der Waals surface area (Å²) in [4.78, 5) is 12.9. The Morgan fingerprint density at radius 3 is 2.39 bits per heavy atom. The number of hydrogen-bond donors (Lipinski definition) is 0. The second kappa shape index (κ2) is 11.4. The molecule has 0 aliphatic rings. The molecule has 0 heterocycles. The van der Waals surface area contributed by atoms with Crippen molar-refractivity contribution in [1.82, 2.24) is 0 Å². The van der Waals surface area contributed by atoms with Crippen LogP contribution in [0, 0.1) is 11.3 Å². The fraction of sp³-hybridized carbons (Fsp3) is 0.154. The Labute approximate surface area is 193 Å². The highest BCUT2D eigenvalue weighted by atomic mass is 31.2. The van der Waals surface area contributed by atoms with Crippen LogP contribution in [0.1, 0.15) is 35.3 Å². The van der Waals surface area contributed by atoms with E-state index in [2.05, 4.69) is 0 Å². The molecule has 0 bridgehead atoms. The van der Waals surface area contributed by atoms with Gasteiger partial charge in [0.15, 0.2) is 0 Å². The van der Waals surface area contributed by atoms with Crippen LogP contribution >= 0.6 is 7.60 Å². The largest absolute Gasteiger partial charge is 0.422 e. The number of benzene rings is 3. The third-order valence-electron chi connectivity index (χ3n) is 4.62. The molecule has 0 amide bonds. The molecule has 0 N–H and O–H groups in total. The number of nitriles is 1. The maximum absolute atomic E-state index is 12.9. The normalized spacial score (nSPS) is 11.3. The Balaban J connectivity index is 1.91. The van der Waals surface area contributed by atoms with Gasteiger partial charge in [0.1, 0.15) is 11.8 Å². The monoisotopic (exact) mass is 461 g/mol. The first kappa shape index (κ1) is 24.2. The van der Waals surface area contributed by atoms with Crippen molar-refractivity contribution in [3.8, 4) is 22.9 Å². The van der Waals surface area contributed by atoms with Crippen LogP contribution < -0.4 is 4.74 Å². The third-order valence-corrected chi connectivity index (χ3v) is 6.37. The lowest BCUT2D eigenvalue weighted by atomic mass is 9.98. The van der Waals surface area contributed by atoms with Gasteiger partial charge in [-0.3, -0.25) is 4.57 Å². The fourth-order valence-corrected chi connectivity index (χ4v) is 4.51. The van der Waals surface area contributed by atoms with E-state index in [1.54, 1.807) is 56.3 Å². The minimum absolute atomic E-state index is 0.207. The predicted octanol–water partition coefficient (Wildman–Crippen LogP) is 6.68. The van der Waals surface area contributed by atoms with Crippen LogP contribution in [0.4, 0.5) is 0 Å². The zero-order valence-corrected chi connectivity index (χ0v) is 19.3. The molecule has 0 aliphatic carbocycles. The lowest BCUT2D eigenvalue weighted by molar-refractivity contribution is 0.0735. The molecule has 0 aliphatic heterocycles. The van der Waals surface area contributed by atoms with Gasteiger partial charge in [-0.2, -0.15) is 5.26 Å². The lowest BCUT2D eigenvalue weighted by Crippen LogP contribution is -2.10. The summed E-state index contributed by atoms with van der Waals surface area (Å²) in [7, 11) is -3.32. The van der Waals surface area contributed by atoms with E-state index in [1.165, 1.54) is 5.82 Å². The van der Waals surface area contributed by atoms with Crippen LogP contribution in [0.25, 0.3) is 17.2 Å². The molecule has 0 spiro atoms. The predicted molar refractivity (Wildman–Crippen MR) is 128 cm³/mol. The molecule has 7 heteroatoms. The molecule has 168 valence electrons. The van der Waals surface area contributed by atoms with Crippen molar-refractivity contribution in [2.24, 2.45) is 0 Å². The molecular formula is C26H24NO5P. The van der Waals surface area contributed by atoms with Crippen LogP contribution in [0.15, 0.2) is 78.6 Å². The van der Waals surface area contributed by atoms with E-state index >= 15 is 0 Å². The highest BCUT2D eigenvalue weighted by Crippen LogP contribution is 2.50. The zero-order valence-electron chi connectivity index (χ0n) is 18.4. The van der Waals surface area contributed by atoms with Gasteiger partial charge in [0, 0.05) is 5.82 Å². The molecule has 6 nitrogen and oxygen atoms in total. The van der Waals surface area contributed by atoms with Gasteiger partial charge in [0.25, 0.3) is 0 Å². The van der Waals surface area contributed by atoms with Crippen molar-refractivity contribution >= 4 is 19.6 Å². The molecule has 3 rings (SSSR count). The summed E-state index contributed by atoms with van der Waals surface area (Å²) in [5.41, 5.74) is 2.86. The summed E-state index contributed by atoms with van der Waals surface area (Å²) in [6.45, 7) is 4.05. The van der Waals surface area contributed by atoms with Crippen LogP contribution in [-0.4, -0.2) is 19.2 Å². The molecule has 0 aromatic heterocycles. The first-order chi connectivity index (χ1) is 16.0. The standard InChI is InChI=1S/C26H24NO5P/c1-3-30-33(29,31-4-2)17-16-20-10-9-12-21(18-20)23-13-6-7-14-24(23)26(28)32-25-15-8-5-11-22(25)19-27/h5-18H,3-4H2,1-2H3/b17-16+. The van der Waals surface area contributed by atoms with E-state index in [0.717, 1.165) is 11.1 Å². The number of hydrogen-bond acceptors (Lipinski definition) is 6. The second-order valence-corrected chi connectivity index (χ2v) is 8.75. The van der Waals surface area contributed by atoms with Crippen LogP contribution in [0.3, 0.4) is 0 Å². The summed E-state index contributed by atoms with van der Waals surface area (Å²) < 4.78 is 28.8. The van der Waals surface area contributed by atoms with Crippen molar-refractivity contribution in [3.63, 3.8) is 0 Å². The molecule has 33 heavy (non-hydrogen) atoms. The molecule has 0 unspecified atom stereocenters. The van der Waals surface area contributed by atoms with E-state index in [4.69, 9.17) is 13.8 Å². The smallest absolute Gasteiger partial charge is 0.354 e. The van der Waals surface area contributed by atoms with Crippen LogP contribution in [0.2, 0.25) is 0 Å². The van der Waals surface area contributed by atoms with Crippen molar-refractivity contribution in [2.45, 2.75) is 13.8 Å². The Bertz CT molecular complexity index is 1240. The highest BCUT2D eigenvalue weighted by Gasteiger charge is 2.19. The minimum Gasteiger partial charge on any atom is -0.422 e. The van der Waals surface area contributed by atoms with Gasteiger partial charge in [-0.05, 0) is 60.9 Å². The lowest BCUT2D eigenvalue weighted by Gasteiger charge is -2.13. The molecule has 3 aromatic carbocycles. The average Bonchev–Trinajstić information content (AvgIpc) is 2.84. The van der Waals surface area contributed by atoms with Gasteiger partial charge in [-0.1, -0.05) is 48.5 Å². The quantitative estimate of drug-likeness (QED) is 0.201. The number of carbonyl (C=O) groups is 1. The molecular weight excluding hydrogens is 437 g/mol. The molecule has 0 saturated carbocycles. The summed E-state index contributed by atoms with van der Waals surface area (Å²) in [5.74, 6) is 1.09. The van der Waals surface area contributed by atoms with E-state index in [0.29, 0.717) is 11.1 Å². The number of nitrogens with zero attached hydrogens (tertiary/aromatic N) is 1. The van der Waals surface area contributed by atoms with Gasteiger partial charge in [-0.15, -0.1) is 0 Å².